The molecule has 0 radical (unpaired) electrons. The van der Waals surface area contributed by atoms with Crippen molar-refractivity contribution in [3.8, 4) is 0 Å². The van der Waals surface area contributed by atoms with E-state index in [9.17, 15) is 9.18 Å². The second-order valence-corrected chi connectivity index (χ2v) is 10.9. The molecule has 212 valence electrons. The number of primary amides is 1. The quantitative estimate of drug-likeness (QED) is 0.507. The Bertz CT molecular complexity index is 1190. The zero-order valence-electron chi connectivity index (χ0n) is 22.4. The van der Waals surface area contributed by atoms with Crippen molar-refractivity contribution < 1.29 is 27.8 Å². The number of carbonyl (C=O) groups excluding carboxylic acids is 1. The number of morpholine rings is 1. The molecule has 3 atom stereocenters. The zero-order valence-corrected chi connectivity index (χ0v) is 22.4. The lowest BCUT2D eigenvalue weighted by Gasteiger charge is -2.45. The van der Waals surface area contributed by atoms with E-state index in [1.807, 2.05) is 25.7 Å². The van der Waals surface area contributed by atoms with Gasteiger partial charge in [0.25, 0.3) is 0 Å². The van der Waals surface area contributed by atoms with Gasteiger partial charge >= 0.3 is 0 Å². The lowest BCUT2D eigenvalue weighted by atomic mass is 9.97. The maximum Gasteiger partial charge on any atom is 0.248 e. The fourth-order valence-electron chi connectivity index (χ4n) is 5.04. The van der Waals surface area contributed by atoms with Gasteiger partial charge in [0.2, 0.25) is 11.8 Å². The summed E-state index contributed by atoms with van der Waals surface area (Å²) in [5, 5.41) is 6.25. The van der Waals surface area contributed by atoms with Crippen molar-refractivity contribution in [2.24, 2.45) is 10.7 Å². The van der Waals surface area contributed by atoms with Crippen molar-refractivity contribution in [2.75, 3.05) is 49.7 Å². The number of pyridine rings is 1. The Morgan fingerprint density at radius 2 is 2.03 bits per heavy atom. The monoisotopic (exact) mass is 547 g/mol. The van der Waals surface area contributed by atoms with E-state index in [0.29, 0.717) is 57.6 Å². The summed E-state index contributed by atoms with van der Waals surface area (Å²) in [5.74, 6) is -0.390. The van der Waals surface area contributed by atoms with Crippen LogP contribution < -0.4 is 21.3 Å². The molecule has 0 aromatic carbocycles. The molecule has 0 saturated carbocycles. The van der Waals surface area contributed by atoms with Crippen molar-refractivity contribution in [1.82, 2.24) is 15.2 Å². The molecule has 1 amide bonds. The molecule has 0 spiro atoms. The van der Waals surface area contributed by atoms with E-state index in [-0.39, 0.29) is 41.4 Å². The molecule has 3 unspecified atom stereocenters. The molecule has 1 aromatic rings. The second kappa shape index (κ2) is 11.0. The van der Waals surface area contributed by atoms with E-state index >= 15 is 4.39 Å². The third kappa shape index (κ3) is 6.09. The van der Waals surface area contributed by atoms with Gasteiger partial charge in [-0.2, -0.15) is 0 Å². The van der Waals surface area contributed by atoms with Gasteiger partial charge in [-0.15, -0.1) is 0 Å². The third-order valence-electron chi connectivity index (χ3n) is 6.84. The standard InChI is InChI=1S/C26H35F2N7O4/c1-26(2,3)39-22-13-35(20-4-7-38-14-19(20)31-22)25-16(27)10-15(23(29)36)24(33-25)32-18-11-21(30-12-17(18)28)34-5-8-37-9-6-34/h11-13,16,19-20,31H,4-10,14H2,1-3H3,(H2,29,36)(H,30,32). The summed E-state index contributed by atoms with van der Waals surface area (Å²) >= 11 is 0. The van der Waals surface area contributed by atoms with Gasteiger partial charge < -0.3 is 40.4 Å². The summed E-state index contributed by atoms with van der Waals surface area (Å²) in [6.45, 7) is 8.96. The first-order chi connectivity index (χ1) is 18.6. The van der Waals surface area contributed by atoms with Crippen molar-refractivity contribution in [1.29, 1.82) is 0 Å². The number of alkyl halides is 1. The first-order valence-electron chi connectivity index (χ1n) is 13.1. The van der Waals surface area contributed by atoms with Crippen molar-refractivity contribution >= 4 is 23.2 Å². The molecular weight excluding hydrogens is 512 g/mol. The highest BCUT2D eigenvalue weighted by atomic mass is 19.1. The smallest absolute Gasteiger partial charge is 0.248 e. The normalized spacial score (nSPS) is 25.8. The number of aromatic nitrogens is 1. The number of rotatable bonds is 5. The summed E-state index contributed by atoms with van der Waals surface area (Å²) in [5.41, 5.74) is 5.11. The van der Waals surface area contributed by atoms with Crippen LogP contribution in [-0.4, -0.2) is 85.0 Å². The van der Waals surface area contributed by atoms with Crippen LogP contribution in [0.4, 0.5) is 20.3 Å². The Hall–Kier alpha value is -3.45. The van der Waals surface area contributed by atoms with Crippen LogP contribution >= 0.6 is 0 Å². The Morgan fingerprint density at radius 1 is 1.26 bits per heavy atom. The average Bonchev–Trinajstić information content (AvgIpc) is 2.89. The van der Waals surface area contributed by atoms with Crippen LogP contribution in [-0.2, 0) is 19.0 Å². The molecule has 39 heavy (non-hydrogen) atoms. The van der Waals surface area contributed by atoms with Gasteiger partial charge in [0.15, 0.2) is 12.0 Å². The maximum atomic E-state index is 15.7. The summed E-state index contributed by atoms with van der Waals surface area (Å²) in [4.78, 5) is 24.8. The number of nitrogens with zero attached hydrogens (tertiary/aromatic N) is 4. The van der Waals surface area contributed by atoms with Crippen LogP contribution in [0.15, 0.2) is 40.7 Å². The predicted octanol–water partition coefficient (Wildman–Crippen LogP) is 1.98. The molecule has 5 heterocycles. The van der Waals surface area contributed by atoms with Crippen LogP contribution in [0.25, 0.3) is 0 Å². The Morgan fingerprint density at radius 3 is 2.74 bits per heavy atom. The zero-order chi connectivity index (χ0) is 27.7. The lowest BCUT2D eigenvalue weighted by molar-refractivity contribution is -0.114. The van der Waals surface area contributed by atoms with Crippen LogP contribution in [0.3, 0.4) is 0 Å². The molecule has 4 N–H and O–H groups in total. The highest BCUT2D eigenvalue weighted by molar-refractivity contribution is 5.99. The SMILES string of the molecule is CC(C)(C)OC1=CN(C2=NC(Nc3cc(N4CCOCC4)ncc3F)=C(C(N)=O)CC2F)C2CCOCC2N1. The van der Waals surface area contributed by atoms with Gasteiger partial charge in [-0.25, -0.2) is 18.8 Å². The predicted molar refractivity (Wildman–Crippen MR) is 141 cm³/mol. The molecule has 1 aromatic heterocycles. The number of aliphatic imine (C=N–C) groups is 1. The summed E-state index contributed by atoms with van der Waals surface area (Å²) in [6.07, 6.45) is 1.50. The Balaban J connectivity index is 1.50. The number of hydrogen-bond donors (Lipinski definition) is 3. The first-order valence-corrected chi connectivity index (χ1v) is 13.1. The van der Waals surface area contributed by atoms with E-state index in [4.69, 9.17) is 19.9 Å². The fourth-order valence-corrected chi connectivity index (χ4v) is 5.04. The summed E-state index contributed by atoms with van der Waals surface area (Å²) in [6, 6.07) is 1.21. The topological polar surface area (TPSA) is 127 Å². The molecule has 13 heteroatoms. The van der Waals surface area contributed by atoms with Gasteiger partial charge in [0.05, 0.1) is 55.6 Å². The van der Waals surface area contributed by atoms with Gasteiger partial charge in [-0.3, -0.25) is 4.79 Å². The number of halogens is 2. The summed E-state index contributed by atoms with van der Waals surface area (Å²) < 4.78 is 47.7. The fraction of sp³-hybridized carbons (Fsp3) is 0.577. The van der Waals surface area contributed by atoms with Crippen molar-refractivity contribution in [2.45, 2.75) is 57.5 Å². The average molecular weight is 548 g/mol. The molecule has 0 bridgehead atoms. The molecule has 5 rings (SSSR count). The third-order valence-corrected chi connectivity index (χ3v) is 6.84. The number of nitrogens with two attached hydrogens (primary N) is 1. The minimum atomic E-state index is -1.61. The number of amidine groups is 1. The van der Waals surface area contributed by atoms with Crippen molar-refractivity contribution in [3.05, 3.63) is 41.6 Å². The van der Waals surface area contributed by atoms with Crippen LogP contribution in [0.1, 0.15) is 33.6 Å². The van der Waals surface area contributed by atoms with E-state index in [0.717, 1.165) is 6.20 Å². The lowest BCUT2D eigenvalue weighted by Crippen LogP contribution is -2.60. The number of ether oxygens (including phenoxy) is 3. The number of nitrogens with one attached hydrogen (secondary N) is 2. The largest absolute Gasteiger partial charge is 0.472 e. The molecule has 4 aliphatic heterocycles. The minimum Gasteiger partial charge on any atom is -0.472 e. The molecule has 0 aliphatic carbocycles. The van der Waals surface area contributed by atoms with E-state index in [2.05, 4.69) is 20.6 Å². The van der Waals surface area contributed by atoms with Gasteiger partial charge in [-0.1, -0.05) is 0 Å². The second-order valence-electron chi connectivity index (χ2n) is 10.9. The van der Waals surface area contributed by atoms with Gasteiger partial charge in [-0.05, 0) is 27.2 Å². The van der Waals surface area contributed by atoms with Crippen molar-refractivity contribution in [3.63, 3.8) is 0 Å². The number of amides is 1. The summed E-state index contributed by atoms with van der Waals surface area (Å²) in [7, 11) is 0. The first kappa shape index (κ1) is 27.1. The van der Waals surface area contributed by atoms with Gasteiger partial charge in [0.1, 0.15) is 23.1 Å². The maximum absolute atomic E-state index is 15.7. The number of hydrogen-bond acceptors (Lipinski definition) is 10. The van der Waals surface area contributed by atoms with Gasteiger partial charge in [0, 0.05) is 32.2 Å². The molecular formula is C26H35F2N7O4. The molecule has 2 fully saturated rings. The van der Waals surface area contributed by atoms with Crippen LogP contribution in [0.2, 0.25) is 0 Å². The molecule has 11 nitrogen and oxygen atoms in total. The number of fused-ring (bicyclic) bond motifs is 1. The molecule has 4 aliphatic rings. The number of carbonyl (C=O) groups is 1. The minimum absolute atomic E-state index is 0.00161. The Kier molecular flexibility index (Phi) is 7.63. The number of anilines is 2. The van der Waals surface area contributed by atoms with Crippen LogP contribution in [0, 0.1) is 5.82 Å². The highest BCUT2D eigenvalue weighted by Gasteiger charge is 2.41. The van der Waals surface area contributed by atoms with E-state index in [1.54, 1.807) is 11.1 Å². The van der Waals surface area contributed by atoms with E-state index in [1.165, 1.54) is 6.07 Å². The van der Waals surface area contributed by atoms with E-state index < -0.39 is 23.5 Å². The molecule has 2 saturated heterocycles. The Labute approximate surface area is 226 Å². The van der Waals surface area contributed by atoms with Crippen LogP contribution in [0.5, 0.6) is 0 Å². The highest BCUT2D eigenvalue weighted by Crippen LogP contribution is 2.32.